The predicted molar refractivity (Wildman–Crippen MR) is 94.1 cm³/mol. The van der Waals surface area contributed by atoms with Crippen molar-refractivity contribution in [3.8, 4) is 0 Å². The Hall–Kier alpha value is -2.53. The van der Waals surface area contributed by atoms with Crippen molar-refractivity contribution in [1.29, 1.82) is 0 Å². The van der Waals surface area contributed by atoms with Gasteiger partial charge in [0.1, 0.15) is 0 Å². The fourth-order valence-electron chi connectivity index (χ4n) is 2.02. The first-order valence-electron chi connectivity index (χ1n) is 7.12. The number of hydrogen-bond acceptors (Lipinski definition) is 3. The molecule has 0 radical (unpaired) electrons. The third-order valence-corrected chi connectivity index (χ3v) is 3.61. The standard InChI is InChI=1S/C17H18ClN3O2/c1-11-15(18)4-3-5-16(11)19-10-17(23)21-14-8-6-13(7-9-14)20-12(2)22/h3-9,19H,10H2,1-2H3,(H,20,22)(H,21,23). The van der Waals surface area contributed by atoms with E-state index in [4.69, 9.17) is 11.6 Å². The first-order chi connectivity index (χ1) is 11.0. The summed E-state index contributed by atoms with van der Waals surface area (Å²) in [5.41, 5.74) is 3.08. The quantitative estimate of drug-likeness (QED) is 0.783. The number of rotatable bonds is 5. The zero-order valence-corrected chi connectivity index (χ0v) is 13.7. The van der Waals surface area contributed by atoms with E-state index in [0.717, 1.165) is 11.3 Å². The highest BCUT2D eigenvalue weighted by atomic mass is 35.5. The van der Waals surface area contributed by atoms with Crippen molar-refractivity contribution >= 4 is 40.5 Å². The van der Waals surface area contributed by atoms with Crippen LogP contribution in [0, 0.1) is 6.92 Å². The molecule has 0 fully saturated rings. The molecular weight excluding hydrogens is 314 g/mol. The lowest BCUT2D eigenvalue weighted by atomic mass is 10.2. The van der Waals surface area contributed by atoms with Gasteiger partial charge in [0, 0.05) is 29.0 Å². The summed E-state index contributed by atoms with van der Waals surface area (Å²) in [5.74, 6) is -0.306. The molecule has 0 aliphatic rings. The highest BCUT2D eigenvalue weighted by Gasteiger charge is 2.05. The van der Waals surface area contributed by atoms with Crippen molar-refractivity contribution in [2.75, 3.05) is 22.5 Å². The van der Waals surface area contributed by atoms with Crippen LogP contribution < -0.4 is 16.0 Å². The average molecular weight is 332 g/mol. The topological polar surface area (TPSA) is 70.2 Å². The zero-order valence-electron chi connectivity index (χ0n) is 12.9. The van der Waals surface area contributed by atoms with Crippen LogP contribution in [0.3, 0.4) is 0 Å². The number of hydrogen-bond donors (Lipinski definition) is 3. The van der Waals surface area contributed by atoms with E-state index in [1.807, 2.05) is 19.1 Å². The molecule has 0 spiro atoms. The van der Waals surface area contributed by atoms with E-state index in [-0.39, 0.29) is 18.4 Å². The lowest BCUT2D eigenvalue weighted by Gasteiger charge is -2.11. The largest absolute Gasteiger partial charge is 0.376 e. The van der Waals surface area contributed by atoms with Gasteiger partial charge in [0.2, 0.25) is 11.8 Å². The van der Waals surface area contributed by atoms with Crippen molar-refractivity contribution in [2.45, 2.75) is 13.8 Å². The van der Waals surface area contributed by atoms with Gasteiger partial charge < -0.3 is 16.0 Å². The minimum atomic E-state index is -0.170. The molecule has 0 atom stereocenters. The molecule has 3 N–H and O–H groups in total. The molecule has 0 bridgehead atoms. The first-order valence-corrected chi connectivity index (χ1v) is 7.50. The van der Waals surface area contributed by atoms with Gasteiger partial charge in [-0.15, -0.1) is 0 Å². The summed E-state index contributed by atoms with van der Waals surface area (Å²) in [6, 6.07) is 12.4. The van der Waals surface area contributed by atoms with E-state index in [0.29, 0.717) is 16.4 Å². The second-order valence-electron chi connectivity index (χ2n) is 5.07. The Labute approximate surface area is 140 Å². The van der Waals surface area contributed by atoms with E-state index in [2.05, 4.69) is 16.0 Å². The van der Waals surface area contributed by atoms with Gasteiger partial charge in [-0.05, 0) is 48.9 Å². The second-order valence-corrected chi connectivity index (χ2v) is 5.48. The SMILES string of the molecule is CC(=O)Nc1ccc(NC(=O)CNc2cccc(Cl)c2C)cc1. The van der Waals surface area contributed by atoms with Crippen LogP contribution in [0.15, 0.2) is 42.5 Å². The molecule has 0 heterocycles. The second kappa shape index (κ2) is 7.65. The van der Waals surface area contributed by atoms with E-state index in [1.54, 1.807) is 30.3 Å². The molecule has 2 rings (SSSR count). The van der Waals surface area contributed by atoms with E-state index < -0.39 is 0 Å². The normalized spacial score (nSPS) is 10.0. The van der Waals surface area contributed by atoms with Gasteiger partial charge in [-0.1, -0.05) is 17.7 Å². The highest BCUT2D eigenvalue weighted by Crippen LogP contribution is 2.22. The Morgan fingerprint density at radius 1 is 1.00 bits per heavy atom. The first kappa shape index (κ1) is 16.8. The summed E-state index contributed by atoms with van der Waals surface area (Å²) in [7, 11) is 0. The smallest absolute Gasteiger partial charge is 0.243 e. The molecule has 5 nitrogen and oxygen atoms in total. The molecule has 23 heavy (non-hydrogen) atoms. The van der Waals surface area contributed by atoms with E-state index in [1.165, 1.54) is 6.92 Å². The number of amides is 2. The molecule has 0 aliphatic carbocycles. The van der Waals surface area contributed by atoms with Crippen LogP contribution >= 0.6 is 11.6 Å². The highest BCUT2D eigenvalue weighted by molar-refractivity contribution is 6.31. The Kier molecular flexibility index (Phi) is 5.60. The summed E-state index contributed by atoms with van der Waals surface area (Å²) >= 11 is 6.04. The lowest BCUT2D eigenvalue weighted by Crippen LogP contribution is -2.22. The molecule has 2 aromatic rings. The number of benzene rings is 2. The average Bonchev–Trinajstić information content (AvgIpc) is 2.50. The zero-order chi connectivity index (χ0) is 16.8. The Bertz CT molecular complexity index is 714. The van der Waals surface area contributed by atoms with Gasteiger partial charge in [0.05, 0.1) is 6.54 Å². The molecule has 0 aliphatic heterocycles. The summed E-state index contributed by atoms with van der Waals surface area (Å²) in [4.78, 5) is 22.9. The molecule has 0 aromatic heterocycles. The third kappa shape index (κ3) is 5.00. The van der Waals surface area contributed by atoms with Gasteiger partial charge in [-0.25, -0.2) is 0 Å². The van der Waals surface area contributed by atoms with E-state index in [9.17, 15) is 9.59 Å². The molecule has 0 unspecified atom stereocenters. The van der Waals surface area contributed by atoms with Crippen molar-refractivity contribution in [3.63, 3.8) is 0 Å². The maximum atomic E-state index is 12.0. The summed E-state index contributed by atoms with van der Waals surface area (Å²) in [5, 5.41) is 9.16. The lowest BCUT2D eigenvalue weighted by molar-refractivity contribution is -0.115. The molecule has 0 saturated heterocycles. The monoisotopic (exact) mass is 331 g/mol. The van der Waals surface area contributed by atoms with Crippen LogP contribution in [-0.4, -0.2) is 18.4 Å². The van der Waals surface area contributed by atoms with Crippen LogP contribution in [0.4, 0.5) is 17.1 Å². The fourth-order valence-corrected chi connectivity index (χ4v) is 2.19. The summed E-state index contributed by atoms with van der Waals surface area (Å²) < 4.78 is 0. The molecule has 2 aromatic carbocycles. The van der Waals surface area contributed by atoms with Crippen molar-refractivity contribution in [1.82, 2.24) is 0 Å². The summed E-state index contributed by atoms with van der Waals surface area (Å²) in [6.45, 7) is 3.47. The number of carbonyl (C=O) groups is 2. The van der Waals surface area contributed by atoms with Crippen molar-refractivity contribution in [2.24, 2.45) is 0 Å². The van der Waals surface area contributed by atoms with Crippen LogP contribution in [0.1, 0.15) is 12.5 Å². The maximum absolute atomic E-state index is 12.0. The summed E-state index contributed by atoms with van der Waals surface area (Å²) in [6.07, 6.45) is 0. The minimum Gasteiger partial charge on any atom is -0.376 e. The Morgan fingerprint density at radius 2 is 1.61 bits per heavy atom. The van der Waals surface area contributed by atoms with Crippen LogP contribution in [0.5, 0.6) is 0 Å². The Balaban J connectivity index is 1.89. The van der Waals surface area contributed by atoms with Crippen LogP contribution in [0.2, 0.25) is 5.02 Å². The number of halogens is 1. The van der Waals surface area contributed by atoms with Gasteiger partial charge in [0.15, 0.2) is 0 Å². The molecular formula is C17H18ClN3O2. The van der Waals surface area contributed by atoms with Crippen LogP contribution in [0.25, 0.3) is 0 Å². The van der Waals surface area contributed by atoms with Gasteiger partial charge >= 0.3 is 0 Å². The molecule has 0 saturated carbocycles. The maximum Gasteiger partial charge on any atom is 0.243 e. The molecule has 6 heteroatoms. The van der Waals surface area contributed by atoms with Gasteiger partial charge in [-0.3, -0.25) is 9.59 Å². The van der Waals surface area contributed by atoms with Crippen molar-refractivity contribution < 1.29 is 9.59 Å². The van der Waals surface area contributed by atoms with Gasteiger partial charge in [-0.2, -0.15) is 0 Å². The van der Waals surface area contributed by atoms with Gasteiger partial charge in [0.25, 0.3) is 0 Å². The number of anilines is 3. The fraction of sp³-hybridized carbons (Fsp3) is 0.176. The minimum absolute atomic E-state index is 0.134. The number of carbonyl (C=O) groups excluding carboxylic acids is 2. The predicted octanol–water partition coefficient (Wildman–Crippen LogP) is 3.66. The molecule has 2 amide bonds. The third-order valence-electron chi connectivity index (χ3n) is 3.20. The Morgan fingerprint density at radius 3 is 2.22 bits per heavy atom. The number of nitrogens with one attached hydrogen (secondary N) is 3. The molecule has 120 valence electrons. The van der Waals surface area contributed by atoms with E-state index >= 15 is 0 Å². The van der Waals surface area contributed by atoms with Crippen molar-refractivity contribution in [3.05, 3.63) is 53.1 Å². The van der Waals surface area contributed by atoms with Crippen LogP contribution in [-0.2, 0) is 9.59 Å².